The number of nitro benzene ring substituents is 4. The molecule has 0 bridgehead atoms. The van der Waals surface area contributed by atoms with Crippen LogP contribution in [0.4, 0.5) is 64.7 Å². The number of ether oxygens (including phenoxy) is 5. The number of nitrogens with two attached hydrogens (primary N) is 5. The van der Waals surface area contributed by atoms with Gasteiger partial charge in [0.25, 0.3) is 30.1 Å². The third kappa shape index (κ3) is 35.2. The largest absolute Gasteiger partial charge is 0.519 e. The van der Waals surface area contributed by atoms with E-state index in [1.165, 1.54) is 80.0 Å². The second-order valence-corrected chi connectivity index (χ2v) is 33.6. The molecule has 0 unspecified atom stereocenters. The maximum Gasteiger partial charge on any atom is 0.519 e. The van der Waals surface area contributed by atoms with Gasteiger partial charge in [-0.3, -0.25) is 65.0 Å². The Kier molecular flexibility index (Phi) is 41.5. The highest BCUT2D eigenvalue weighted by atomic mass is 35.5. The third-order valence-electron chi connectivity index (χ3n) is 17.0. The first-order chi connectivity index (χ1) is 59.4. The lowest BCUT2D eigenvalue weighted by Crippen LogP contribution is -2.29. The number of nitrogens with one attached hydrogen (secondary N) is 5. The van der Waals surface area contributed by atoms with Crippen LogP contribution in [0.15, 0.2) is 225 Å². The molecule has 2 saturated heterocycles. The van der Waals surface area contributed by atoms with E-state index in [1.54, 1.807) is 89.1 Å². The number of carbonyl (C=O) groups excluding carboxylic acids is 4. The van der Waals surface area contributed by atoms with Gasteiger partial charge in [-0.05, 0) is 244 Å². The molecule has 2 aliphatic rings. The molecule has 15 N–H and O–H groups in total. The first-order valence-electron chi connectivity index (χ1n) is 39.9. The SMILES string of the molecule is C1CCNC1.CC.CC(C)(C)OC(=O)Nc1cccc2[nH]ccc12.CC(C)(C)OC(=O)Nc1cccc2c1ccn2N.CC(C)(C)OC(=O)OC(=O)OC(C)(C)C.Cc1c([N+](=O)[O-])cccc1[N+](=O)[O-].Cl.NOP(=O)(c1ccccc1)c1ccccc1.Nc1cccc2[nH]ccc12.Nc1cccc2c1ccn2N.O=[N+]([O-])c1cccc([N+](=O)[O-])c1/C=C/N1CCCC1.[HH]. The van der Waals surface area contributed by atoms with E-state index < -0.39 is 74.0 Å². The molecule has 0 spiro atoms. The maximum atomic E-state index is 12.6. The van der Waals surface area contributed by atoms with Crippen molar-refractivity contribution in [2.24, 2.45) is 5.90 Å². The first-order valence-corrected chi connectivity index (χ1v) is 41.5. The number of likely N-dealkylation sites (tertiary alicyclic amines) is 1. The molecule has 14 rings (SSSR count). The number of hydrogen-bond acceptors (Lipinski definition) is 26. The molecule has 127 heavy (non-hydrogen) atoms. The summed E-state index contributed by atoms with van der Waals surface area (Å²) in [4.78, 5) is 93.7. The van der Waals surface area contributed by atoms with Crippen molar-refractivity contribution in [1.82, 2.24) is 29.5 Å². The topological polar surface area (TPSA) is 524 Å². The zero-order chi connectivity index (χ0) is 93.7. The van der Waals surface area contributed by atoms with Crippen molar-refractivity contribution in [3.8, 4) is 0 Å². The van der Waals surface area contributed by atoms with Gasteiger partial charge in [0.05, 0.1) is 42.1 Å². The number of fused-ring (bicyclic) bond motifs is 4. The molecule has 0 atom stereocenters. The summed E-state index contributed by atoms with van der Waals surface area (Å²) in [7, 11) is -3.13. The fourth-order valence-electron chi connectivity index (χ4n) is 11.5. The van der Waals surface area contributed by atoms with Gasteiger partial charge in [0.1, 0.15) is 33.5 Å². The number of aromatic amines is 2. The van der Waals surface area contributed by atoms with E-state index in [9.17, 15) is 64.2 Å². The van der Waals surface area contributed by atoms with Crippen LogP contribution in [0.25, 0.3) is 49.7 Å². The molecule has 684 valence electrons. The summed E-state index contributed by atoms with van der Waals surface area (Å²) in [5.74, 6) is 16.6. The first kappa shape index (κ1) is 105. The highest BCUT2D eigenvalue weighted by molar-refractivity contribution is 7.74. The Morgan fingerprint density at radius 3 is 1.22 bits per heavy atom. The van der Waals surface area contributed by atoms with Gasteiger partial charge in [0, 0.05) is 124 Å². The lowest BCUT2D eigenvalue weighted by molar-refractivity contribution is -0.395. The number of benzene rings is 8. The molecule has 0 aliphatic carbocycles. The number of nitrogens with zero attached hydrogens (tertiary/aromatic N) is 7. The summed E-state index contributed by atoms with van der Waals surface area (Å²) in [5.41, 5.74) is 15.1. The molecule has 0 radical (unpaired) electrons. The van der Waals surface area contributed by atoms with E-state index in [0.717, 1.165) is 86.6 Å². The molecule has 36 nitrogen and oxygen atoms in total. The van der Waals surface area contributed by atoms with Gasteiger partial charge < -0.3 is 67.0 Å². The number of H-pyrrole nitrogens is 2. The Labute approximate surface area is 743 Å². The van der Waals surface area contributed by atoms with Crippen molar-refractivity contribution < 1.29 is 73.2 Å². The number of carbonyl (C=O) groups is 4. The lowest BCUT2D eigenvalue weighted by Gasteiger charge is -2.20. The van der Waals surface area contributed by atoms with Gasteiger partial charge in [-0.15, -0.1) is 12.4 Å². The molecule has 12 aromatic rings. The van der Waals surface area contributed by atoms with Crippen LogP contribution in [-0.2, 0) is 32.9 Å². The summed E-state index contributed by atoms with van der Waals surface area (Å²) < 4.78 is 44.7. The predicted molar refractivity (Wildman–Crippen MR) is 505 cm³/mol. The summed E-state index contributed by atoms with van der Waals surface area (Å²) in [6.45, 7) is 30.6. The van der Waals surface area contributed by atoms with Crippen molar-refractivity contribution in [2.75, 3.05) is 60.0 Å². The van der Waals surface area contributed by atoms with E-state index in [-0.39, 0.29) is 47.7 Å². The standard InChI is InChI=1S/C13H17N3O2.C13H16N2O2.C12H13N3O4.C12H12NO2P.C10H18O5.C8H9N3.C8H8N2.C7H6N2O4.C4H9N.C2H6.ClH.H2/c1-13(2,3)18-12(17)15-10-5-4-6-11-9(10)7-8-16(11)14;1-13(2,3)17-12(16)15-11-6-4-5-10-9(11)7-8-14-10;16-14(17)11-4-3-5-12(15(18)19)10(11)6-9-13-7-1-2-8-13;13-15-16(14,11-7-3-1-4-8-11)12-9-5-2-6-10-12;1-9(2,3)14-7(11)13-8(12)15-10(4,5)6;9-7-2-1-3-8-6(7)4-5-11(8)10;9-7-2-1-3-8-6(7)4-5-10-8;1-5-6(8(10)11)3-2-4-7(5)9(12)13;1-2-4-5-3-1;1-2;;/h4-8H,14H2,1-3H3,(H,15,17);4-8,14H,1-3H3,(H,15,16);3-6,9H,1-2,7-8H2;1-10H,13H2;1-6H3;1-5H,9-10H2;1-5,10H,9H2;2-4H,1H3;5H,1-4H2;1-2H3;2*1H/b;;9-6+;;;;;;;;;. The van der Waals surface area contributed by atoms with Gasteiger partial charge in [-0.25, -0.2) is 29.7 Å². The molecule has 6 heterocycles. The third-order valence-corrected chi connectivity index (χ3v) is 19.3. The maximum absolute atomic E-state index is 12.6. The number of amides is 2. The minimum atomic E-state index is -3.13. The molecule has 38 heteroatoms. The predicted octanol–water partition coefficient (Wildman–Crippen LogP) is 20.0. The van der Waals surface area contributed by atoms with E-state index in [1.807, 2.05) is 206 Å². The van der Waals surface area contributed by atoms with E-state index >= 15 is 0 Å². The number of hydrogen-bond donors (Lipinski definition) is 10. The summed E-state index contributed by atoms with van der Waals surface area (Å²) >= 11 is 0. The molecular formula is C89H117ClN17O19P. The molecule has 2 aliphatic heterocycles. The van der Waals surface area contributed by atoms with Gasteiger partial charge in [-0.1, -0.05) is 74.5 Å². The smallest absolute Gasteiger partial charge is 0.444 e. The second kappa shape index (κ2) is 50.0. The van der Waals surface area contributed by atoms with Crippen LogP contribution in [0.3, 0.4) is 0 Å². The van der Waals surface area contributed by atoms with Crippen LogP contribution in [0.2, 0.25) is 0 Å². The van der Waals surface area contributed by atoms with E-state index in [4.69, 9.17) is 52.6 Å². The van der Waals surface area contributed by atoms with Gasteiger partial charge in [0.2, 0.25) is 0 Å². The summed E-state index contributed by atoms with van der Waals surface area (Å²) in [5, 5.41) is 56.5. The molecule has 0 saturated carbocycles. The van der Waals surface area contributed by atoms with Crippen molar-refractivity contribution in [2.45, 2.75) is 152 Å². The number of rotatable bonds is 11. The zero-order valence-electron chi connectivity index (χ0n) is 73.7. The minimum absolute atomic E-state index is 0. The number of halogens is 1. The van der Waals surface area contributed by atoms with Crippen LogP contribution in [0, 0.1) is 47.4 Å². The molecule has 8 aromatic carbocycles. The summed E-state index contributed by atoms with van der Waals surface area (Å²) in [6, 6.07) is 56.0. The summed E-state index contributed by atoms with van der Waals surface area (Å²) in [6.07, 6.45) is 12.3. The molecule has 2 amide bonds. The normalized spacial score (nSPS) is 12.0. The quantitative estimate of drug-likeness (QED) is 0.00840. The number of nitrogen functional groups attached to an aromatic ring is 4. The number of aromatic nitrogens is 4. The average Bonchev–Trinajstić information content (AvgIpc) is 1.44. The lowest BCUT2D eigenvalue weighted by atomic mass is 10.1. The Bertz CT molecular complexity index is 5520. The number of nitro groups is 4. The molecule has 4 aromatic heterocycles. The Morgan fingerprint density at radius 1 is 0.465 bits per heavy atom. The van der Waals surface area contributed by atoms with Gasteiger partial charge in [0.15, 0.2) is 0 Å². The van der Waals surface area contributed by atoms with E-state index in [0.29, 0.717) is 16.3 Å². The highest BCUT2D eigenvalue weighted by Crippen LogP contribution is 2.42. The average molecular weight is 1800 g/mol. The Hall–Kier alpha value is -14.1. The monoisotopic (exact) mass is 1790 g/mol. The van der Waals surface area contributed by atoms with Gasteiger partial charge in [-0.2, -0.15) is 0 Å². The Balaban J connectivity index is 0.000000374. The van der Waals surface area contributed by atoms with Crippen LogP contribution in [0.5, 0.6) is 0 Å². The minimum Gasteiger partial charge on any atom is -0.444 e. The zero-order valence-corrected chi connectivity index (χ0v) is 75.4. The van der Waals surface area contributed by atoms with Crippen molar-refractivity contribution in [1.29, 1.82) is 0 Å². The van der Waals surface area contributed by atoms with E-state index in [2.05, 4.69) is 30.7 Å². The molecular weight excluding hydrogens is 1680 g/mol. The highest BCUT2D eigenvalue weighted by Gasteiger charge is 2.29. The van der Waals surface area contributed by atoms with Crippen LogP contribution in [0.1, 0.15) is 135 Å². The molecule has 2 fully saturated rings. The van der Waals surface area contributed by atoms with Crippen molar-refractivity contribution in [3.05, 3.63) is 277 Å². The van der Waals surface area contributed by atoms with Crippen LogP contribution < -0.4 is 55.6 Å². The number of anilines is 4. The van der Waals surface area contributed by atoms with Crippen LogP contribution >= 0.6 is 19.8 Å². The van der Waals surface area contributed by atoms with Gasteiger partial charge >= 0.3 is 24.5 Å². The Morgan fingerprint density at radius 2 is 0.827 bits per heavy atom. The van der Waals surface area contributed by atoms with Crippen LogP contribution in [-0.4, -0.2) is 117 Å². The fraction of sp³-hybridized carbons (Fsp3) is 0.303. The van der Waals surface area contributed by atoms with Crippen molar-refractivity contribution >= 4 is 150 Å². The second-order valence-electron chi connectivity index (χ2n) is 31.3. The fourth-order valence-corrected chi connectivity index (χ4v) is 13.2. The van der Waals surface area contributed by atoms with Crippen molar-refractivity contribution in [3.63, 3.8) is 0 Å².